The quantitative estimate of drug-likeness (QED) is 0.906. The lowest BCUT2D eigenvalue weighted by molar-refractivity contribution is 0.0849. The van der Waals surface area contributed by atoms with Crippen molar-refractivity contribution in [3.63, 3.8) is 0 Å². The van der Waals surface area contributed by atoms with Gasteiger partial charge in [0.15, 0.2) is 0 Å². The Morgan fingerprint density at radius 1 is 1.14 bits per heavy atom. The number of piperazine rings is 1. The van der Waals surface area contributed by atoms with E-state index in [1.807, 2.05) is 0 Å². The lowest BCUT2D eigenvalue weighted by atomic mass is 9.81. The standard InChI is InChI=1S/C19H30N2/c1-3-19(11-7-8-12-19)16-21-14-13-20-18(2,15-21)17-9-5-4-6-10-17/h4-6,9-10,20H,3,7-8,11-16H2,1-2H3. The number of nitrogens with one attached hydrogen (secondary N) is 1. The van der Waals surface area contributed by atoms with Gasteiger partial charge in [0, 0.05) is 26.2 Å². The van der Waals surface area contributed by atoms with E-state index in [9.17, 15) is 0 Å². The lowest BCUT2D eigenvalue weighted by Crippen LogP contribution is -2.58. The highest BCUT2D eigenvalue weighted by atomic mass is 15.2. The van der Waals surface area contributed by atoms with Gasteiger partial charge < -0.3 is 5.32 Å². The van der Waals surface area contributed by atoms with Gasteiger partial charge in [-0.2, -0.15) is 0 Å². The van der Waals surface area contributed by atoms with Gasteiger partial charge in [0.25, 0.3) is 0 Å². The average Bonchev–Trinajstić information content (AvgIpc) is 2.97. The molecule has 1 aromatic carbocycles. The first-order valence-corrected chi connectivity index (χ1v) is 8.69. The van der Waals surface area contributed by atoms with Crippen molar-refractivity contribution in [3.8, 4) is 0 Å². The molecule has 1 saturated carbocycles. The van der Waals surface area contributed by atoms with Crippen molar-refractivity contribution in [2.24, 2.45) is 5.41 Å². The molecule has 0 bridgehead atoms. The summed E-state index contributed by atoms with van der Waals surface area (Å²) in [7, 11) is 0. The van der Waals surface area contributed by atoms with Crippen LogP contribution in [0.25, 0.3) is 0 Å². The minimum Gasteiger partial charge on any atom is -0.305 e. The van der Waals surface area contributed by atoms with Crippen molar-refractivity contribution in [1.29, 1.82) is 0 Å². The topological polar surface area (TPSA) is 15.3 Å². The Labute approximate surface area is 129 Å². The summed E-state index contributed by atoms with van der Waals surface area (Å²) in [6.45, 7) is 9.49. The minimum atomic E-state index is 0.104. The van der Waals surface area contributed by atoms with Crippen LogP contribution in [0, 0.1) is 5.41 Å². The molecule has 116 valence electrons. The Morgan fingerprint density at radius 3 is 2.52 bits per heavy atom. The predicted octanol–water partition coefficient (Wildman–Crippen LogP) is 3.78. The molecule has 2 aliphatic rings. The molecule has 1 heterocycles. The summed E-state index contributed by atoms with van der Waals surface area (Å²) in [6, 6.07) is 11.0. The van der Waals surface area contributed by atoms with E-state index in [1.165, 1.54) is 50.8 Å². The van der Waals surface area contributed by atoms with Crippen LogP contribution in [0.2, 0.25) is 0 Å². The molecule has 0 radical (unpaired) electrons. The van der Waals surface area contributed by atoms with Crippen LogP contribution in [0.15, 0.2) is 30.3 Å². The van der Waals surface area contributed by atoms with Crippen molar-refractivity contribution >= 4 is 0 Å². The Bertz CT molecular complexity index is 450. The van der Waals surface area contributed by atoms with Crippen LogP contribution in [-0.4, -0.2) is 31.1 Å². The third-order valence-electron chi connectivity index (χ3n) is 5.87. The normalized spacial score (nSPS) is 29.6. The molecule has 1 N–H and O–H groups in total. The molecular formula is C19H30N2. The van der Waals surface area contributed by atoms with Gasteiger partial charge in [0.1, 0.15) is 0 Å². The van der Waals surface area contributed by atoms with Gasteiger partial charge in [-0.3, -0.25) is 4.90 Å². The largest absolute Gasteiger partial charge is 0.305 e. The van der Waals surface area contributed by atoms with Crippen molar-refractivity contribution in [2.75, 3.05) is 26.2 Å². The molecule has 3 rings (SSSR count). The third-order valence-corrected chi connectivity index (χ3v) is 5.87. The van der Waals surface area contributed by atoms with Gasteiger partial charge in [0.05, 0.1) is 5.54 Å². The van der Waals surface area contributed by atoms with Crippen LogP contribution in [0.3, 0.4) is 0 Å². The summed E-state index contributed by atoms with van der Waals surface area (Å²) in [6.07, 6.45) is 7.11. The van der Waals surface area contributed by atoms with Crippen molar-refractivity contribution in [3.05, 3.63) is 35.9 Å². The van der Waals surface area contributed by atoms with E-state index in [0.717, 1.165) is 13.1 Å². The molecule has 0 aromatic heterocycles. The first-order chi connectivity index (χ1) is 10.2. The zero-order chi connectivity index (χ0) is 14.8. The van der Waals surface area contributed by atoms with Crippen molar-refractivity contribution in [2.45, 2.75) is 51.5 Å². The SMILES string of the molecule is CCC1(CN2CCNC(C)(c3ccccc3)C2)CCCC1. The average molecular weight is 286 g/mol. The molecule has 1 aromatic rings. The molecule has 1 unspecified atom stereocenters. The van der Waals surface area contributed by atoms with Crippen molar-refractivity contribution < 1.29 is 0 Å². The number of benzene rings is 1. The lowest BCUT2D eigenvalue weighted by Gasteiger charge is -2.45. The van der Waals surface area contributed by atoms with Crippen LogP contribution in [0.5, 0.6) is 0 Å². The first kappa shape index (κ1) is 15.1. The fraction of sp³-hybridized carbons (Fsp3) is 0.684. The zero-order valence-electron chi connectivity index (χ0n) is 13.7. The van der Waals surface area contributed by atoms with Crippen LogP contribution < -0.4 is 5.32 Å². The fourth-order valence-electron chi connectivity index (χ4n) is 4.43. The van der Waals surface area contributed by atoms with E-state index in [1.54, 1.807) is 0 Å². The summed E-state index contributed by atoms with van der Waals surface area (Å²) in [5, 5.41) is 3.76. The highest BCUT2D eigenvalue weighted by Gasteiger charge is 2.38. The summed E-state index contributed by atoms with van der Waals surface area (Å²) in [4.78, 5) is 2.72. The Hall–Kier alpha value is -0.860. The van der Waals surface area contributed by atoms with Gasteiger partial charge in [0.2, 0.25) is 0 Å². The number of rotatable bonds is 4. The Morgan fingerprint density at radius 2 is 1.86 bits per heavy atom. The van der Waals surface area contributed by atoms with Crippen LogP contribution in [0.1, 0.15) is 51.5 Å². The molecule has 2 heteroatoms. The maximum Gasteiger partial charge on any atom is 0.0535 e. The summed E-state index contributed by atoms with van der Waals surface area (Å²) < 4.78 is 0. The van der Waals surface area contributed by atoms with Gasteiger partial charge in [-0.1, -0.05) is 50.1 Å². The van der Waals surface area contributed by atoms with Crippen LogP contribution in [-0.2, 0) is 5.54 Å². The fourth-order valence-corrected chi connectivity index (χ4v) is 4.43. The second kappa shape index (κ2) is 6.10. The molecule has 1 aliphatic carbocycles. The second-order valence-corrected chi connectivity index (χ2v) is 7.40. The van der Waals surface area contributed by atoms with E-state index in [0.29, 0.717) is 5.41 Å². The van der Waals surface area contributed by atoms with E-state index in [-0.39, 0.29) is 5.54 Å². The molecule has 1 atom stereocenters. The Balaban J connectivity index is 1.71. The highest BCUT2D eigenvalue weighted by Crippen LogP contribution is 2.42. The molecule has 1 saturated heterocycles. The number of hydrogen-bond acceptors (Lipinski definition) is 2. The van der Waals surface area contributed by atoms with E-state index in [4.69, 9.17) is 0 Å². The van der Waals surface area contributed by atoms with Crippen molar-refractivity contribution in [1.82, 2.24) is 10.2 Å². The molecule has 1 aliphatic heterocycles. The van der Waals surface area contributed by atoms with Crippen LogP contribution in [0.4, 0.5) is 0 Å². The minimum absolute atomic E-state index is 0.104. The molecule has 2 fully saturated rings. The molecule has 0 spiro atoms. The number of nitrogens with zero attached hydrogens (tertiary/aromatic N) is 1. The molecule has 0 amide bonds. The summed E-state index contributed by atoms with van der Waals surface area (Å²) in [5.41, 5.74) is 2.13. The second-order valence-electron chi connectivity index (χ2n) is 7.40. The summed E-state index contributed by atoms with van der Waals surface area (Å²) >= 11 is 0. The van der Waals surface area contributed by atoms with E-state index >= 15 is 0 Å². The highest BCUT2D eigenvalue weighted by molar-refractivity contribution is 5.25. The maximum absolute atomic E-state index is 3.76. The van der Waals surface area contributed by atoms with Gasteiger partial charge in [-0.25, -0.2) is 0 Å². The van der Waals surface area contributed by atoms with E-state index < -0.39 is 0 Å². The molecule has 2 nitrogen and oxygen atoms in total. The van der Waals surface area contributed by atoms with Gasteiger partial charge >= 0.3 is 0 Å². The Kier molecular flexibility index (Phi) is 4.37. The summed E-state index contributed by atoms with van der Waals surface area (Å²) in [5.74, 6) is 0. The number of hydrogen-bond donors (Lipinski definition) is 1. The van der Waals surface area contributed by atoms with Gasteiger partial charge in [-0.05, 0) is 37.2 Å². The maximum atomic E-state index is 3.76. The predicted molar refractivity (Wildman–Crippen MR) is 89.4 cm³/mol. The zero-order valence-corrected chi connectivity index (χ0v) is 13.7. The third kappa shape index (κ3) is 3.17. The smallest absolute Gasteiger partial charge is 0.0535 e. The van der Waals surface area contributed by atoms with Crippen LogP contribution >= 0.6 is 0 Å². The first-order valence-electron chi connectivity index (χ1n) is 8.69. The monoisotopic (exact) mass is 286 g/mol. The van der Waals surface area contributed by atoms with Gasteiger partial charge in [-0.15, -0.1) is 0 Å². The molecular weight excluding hydrogens is 256 g/mol. The molecule has 21 heavy (non-hydrogen) atoms. The van der Waals surface area contributed by atoms with E-state index in [2.05, 4.69) is 54.4 Å².